The summed E-state index contributed by atoms with van der Waals surface area (Å²) in [7, 11) is 1.53. The molecule has 0 radical (unpaired) electrons. The second-order valence-corrected chi connectivity index (χ2v) is 4.32. The quantitative estimate of drug-likeness (QED) is 0.724. The van der Waals surface area contributed by atoms with E-state index in [0.29, 0.717) is 17.4 Å². The Bertz CT molecular complexity index is 761. The number of aromatic amines is 1. The number of carbonyl (C=O) groups excluding carboxylic acids is 1. The number of benzene rings is 1. The Kier molecular flexibility index (Phi) is 3.19. The molecule has 0 spiro atoms. The average Bonchev–Trinajstić information content (AvgIpc) is 3.17. The van der Waals surface area contributed by atoms with Crippen molar-refractivity contribution in [2.75, 3.05) is 7.11 Å². The van der Waals surface area contributed by atoms with Crippen molar-refractivity contribution in [2.45, 2.75) is 6.92 Å². The van der Waals surface area contributed by atoms with Crippen molar-refractivity contribution < 1.29 is 9.53 Å². The molecule has 106 valence electrons. The van der Waals surface area contributed by atoms with Crippen LogP contribution < -0.4 is 4.74 Å². The largest absolute Gasteiger partial charge is 0.481 e. The summed E-state index contributed by atoms with van der Waals surface area (Å²) in [6.07, 6.45) is 0. The summed E-state index contributed by atoms with van der Waals surface area (Å²) in [6.45, 7) is 1.46. The number of aromatic nitrogens is 6. The molecular formula is C13H12N6O2. The van der Waals surface area contributed by atoms with Crippen molar-refractivity contribution in [2.24, 2.45) is 0 Å². The highest BCUT2D eigenvalue weighted by Gasteiger charge is 2.13. The van der Waals surface area contributed by atoms with Crippen LogP contribution in [-0.4, -0.2) is 43.3 Å². The van der Waals surface area contributed by atoms with Crippen LogP contribution in [0.3, 0.4) is 0 Å². The molecule has 0 saturated carbocycles. The zero-order valence-electron chi connectivity index (χ0n) is 11.4. The summed E-state index contributed by atoms with van der Waals surface area (Å²) in [5.41, 5.74) is 1.95. The van der Waals surface area contributed by atoms with E-state index in [-0.39, 0.29) is 5.78 Å². The Morgan fingerprint density at radius 1 is 1.29 bits per heavy atom. The number of ether oxygens (including phenoxy) is 1. The average molecular weight is 284 g/mol. The first-order valence-corrected chi connectivity index (χ1v) is 6.18. The van der Waals surface area contributed by atoms with Crippen LogP contribution in [0.2, 0.25) is 0 Å². The Morgan fingerprint density at radius 3 is 2.62 bits per heavy atom. The number of nitrogens with one attached hydrogen (secondary N) is 1. The highest BCUT2D eigenvalue weighted by molar-refractivity contribution is 5.92. The Hall–Kier alpha value is -3.03. The molecule has 3 aromatic rings. The van der Waals surface area contributed by atoms with Gasteiger partial charge in [0.2, 0.25) is 11.7 Å². The molecule has 3 rings (SSSR count). The third-order valence-corrected chi connectivity index (χ3v) is 2.96. The van der Waals surface area contributed by atoms with Gasteiger partial charge >= 0.3 is 0 Å². The topological polar surface area (TPSA) is 98.6 Å². The molecule has 1 aromatic carbocycles. The van der Waals surface area contributed by atoms with Crippen molar-refractivity contribution in [3.8, 4) is 23.0 Å². The van der Waals surface area contributed by atoms with Gasteiger partial charge in [0.05, 0.1) is 12.8 Å². The van der Waals surface area contributed by atoms with Gasteiger partial charge < -0.3 is 4.74 Å². The number of H-pyrrole nitrogens is 1. The fraction of sp³-hybridized carbons (Fsp3) is 0.154. The SMILES string of the molecule is COc1cc(C(C)=O)nn1-c1ccc(-c2nn[nH]n2)cc1. The zero-order chi connectivity index (χ0) is 14.8. The van der Waals surface area contributed by atoms with E-state index < -0.39 is 0 Å². The van der Waals surface area contributed by atoms with Gasteiger partial charge in [-0.05, 0) is 29.5 Å². The molecule has 0 aliphatic carbocycles. The molecule has 8 nitrogen and oxygen atoms in total. The van der Waals surface area contributed by atoms with Gasteiger partial charge in [-0.3, -0.25) is 4.79 Å². The number of Topliss-reactive ketones (excluding diaryl/α,β-unsaturated/α-hetero) is 1. The second kappa shape index (κ2) is 5.16. The zero-order valence-corrected chi connectivity index (χ0v) is 11.4. The number of carbonyl (C=O) groups is 1. The van der Waals surface area contributed by atoms with Crippen molar-refractivity contribution >= 4 is 5.78 Å². The maximum Gasteiger partial charge on any atom is 0.217 e. The summed E-state index contributed by atoms with van der Waals surface area (Å²) in [5.74, 6) is 0.890. The lowest BCUT2D eigenvalue weighted by atomic mass is 10.2. The molecule has 21 heavy (non-hydrogen) atoms. The predicted octanol–water partition coefficient (Wildman–Crippen LogP) is 1.26. The molecule has 0 fully saturated rings. The molecule has 1 N–H and O–H groups in total. The van der Waals surface area contributed by atoms with Crippen LogP contribution in [0.15, 0.2) is 30.3 Å². The molecule has 0 aliphatic heterocycles. The first-order valence-electron chi connectivity index (χ1n) is 6.18. The smallest absolute Gasteiger partial charge is 0.217 e. The molecule has 0 bridgehead atoms. The highest BCUT2D eigenvalue weighted by Crippen LogP contribution is 2.22. The van der Waals surface area contributed by atoms with E-state index in [1.807, 2.05) is 24.3 Å². The Balaban J connectivity index is 1.99. The van der Waals surface area contributed by atoms with E-state index in [2.05, 4.69) is 25.7 Å². The Morgan fingerprint density at radius 2 is 2.05 bits per heavy atom. The lowest BCUT2D eigenvalue weighted by Crippen LogP contribution is -2.01. The number of ketones is 1. The van der Waals surface area contributed by atoms with E-state index in [1.165, 1.54) is 14.0 Å². The van der Waals surface area contributed by atoms with E-state index in [4.69, 9.17) is 4.74 Å². The maximum atomic E-state index is 11.4. The van der Waals surface area contributed by atoms with Crippen molar-refractivity contribution in [1.82, 2.24) is 30.4 Å². The van der Waals surface area contributed by atoms with E-state index in [0.717, 1.165) is 11.3 Å². The molecule has 0 aliphatic rings. The second-order valence-electron chi connectivity index (χ2n) is 4.32. The lowest BCUT2D eigenvalue weighted by Gasteiger charge is -2.06. The van der Waals surface area contributed by atoms with Gasteiger partial charge in [-0.15, -0.1) is 10.2 Å². The lowest BCUT2D eigenvalue weighted by molar-refractivity contribution is 0.101. The minimum absolute atomic E-state index is 0.115. The van der Waals surface area contributed by atoms with E-state index in [1.54, 1.807) is 10.7 Å². The highest BCUT2D eigenvalue weighted by atomic mass is 16.5. The summed E-state index contributed by atoms with van der Waals surface area (Å²) in [6, 6.07) is 8.97. The number of tetrazole rings is 1. The monoisotopic (exact) mass is 284 g/mol. The normalized spacial score (nSPS) is 10.6. The number of hydrogen-bond donors (Lipinski definition) is 1. The van der Waals surface area contributed by atoms with Crippen molar-refractivity contribution in [3.63, 3.8) is 0 Å². The van der Waals surface area contributed by atoms with Gasteiger partial charge in [0.25, 0.3) is 0 Å². The minimum Gasteiger partial charge on any atom is -0.481 e. The Labute approximate surface area is 119 Å². The fourth-order valence-corrected chi connectivity index (χ4v) is 1.90. The van der Waals surface area contributed by atoms with Gasteiger partial charge in [0.1, 0.15) is 5.69 Å². The number of methoxy groups -OCH3 is 1. The fourth-order valence-electron chi connectivity index (χ4n) is 1.90. The van der Waals surface area contributed by atoms with Crippen LogP contribution in [0.5, 0.6) is 5.88 Å². The molecule has 0 saturated heterocycles. The summed E-state index contributed by atoms with van der Waals surface area (Å²) >= 11 is 0. The van der Waals surface area contributed by atoms with Gasteiger partial charge in [-0.25, -0.2) is 4.68 Å². The van der Waals surface area contributed by atoms with Crippen LogP contribution in [0.1, 0.15) is 17.4 Å². The van der Waals surface area contributed by atoms with Crippen molar-refractivity contribution in [3.05, 3.63) is 36.0 Å². The van der Waals surface area contributed by atoms with Crippen LogP contribution >= 0.6 is 0 Å². The number of hydrogen-bond acceptors (Lipinski definition) is 6. The molecule has 2 heterocycles. The van der Waals surface area contributed by atoms with Crippen LogP contribution in [-0.2, 0) is 0 Å². The van der Waals surface area contributed by atoms with Crippen molar-refractivity contribution in [1.29, 1.82) is 0 Å². The summed E-state index contributed by atoms with van der Waals surface area (Å²) in [4.78, 5) is 11.4. The van der Waals surface area contributed by atoms with E-state index >= 15 is 0 Å². The number of nitrogens with zero attached hydrogens (tertiary/aromatic N) is 5. The van der Waals surface area contributed by atoms with Crippen LogP contribution in [0.25, 0.3) is 17.1 Å². The van der Waals surface area contributed by atoms with Gasteiger partial charge in [-0.1, -0.05) is 0 Å². The molecule has 0 atom stereocenters. The number of rotatable bonds is 4. The predicted molar refractivity (Wildman–Crippen MR) is 73.3 cm³/mol. The first kappa shape index (κ1) is 13.0. The molecular weight excluding hydrogens is 272 g/mol. The summed E-state index contributed by atoms with van der Waals surface area (Å²) in [5, 5.41) is 18.0. The molecule has 8 heteroatoms. The van der Waals surface area contributed by atoms with E-state index in [9.17, 15) is 4.79 Å². The molecule has 2 aromatic heterocycles. The third-order valence-electron chi connectivity index (χ3n) is 2.96. The minimum atomic E-state index is -0.115. The third kappa shape index (κ3) is 2.38. The van der Waals surface area contributed by atoms with Gasteiger partial charge in [0, 0.05) is 18.6 Å². The van der Waals surface area contributed by atoms with Crippen LogP contribution in [0, 0.1) is 0 Å². The standard InChI is InChI=1S/C13H12N6O2/c1-8(20)11-7-12(21-2)19(16-11)10-5-3-9(4-6-10)13-14-17-18-15-13/h3-7H,1-2H3,(H,14,15,17,18). The molecule has 0 amide bonds. The maximum absolute atomic E-state index is 11.4. The molecule has 0 unspecified atom stereocenters. The summed E-state index contributed by atoms with van der Waals surface area (Å²) < 4.78 is 6.81. The van der Waals surface area contributed by atoms with Gasteiger partial charge in [0.15, 0.2) is 5.78 Å². The van der Waals surface area contributed by atoms with Gasteiger partial charge in [-0.2, -0.15) is 10.3 Å². The first-order chi connectivity index (χ1) is 10.2. The van der Waals surface area contributed by atoms with Crippen LogP contribution in [0.4, 0.5) is 0 Å².